The minimum Gasteiger partial charge on any atom is -0.326 e. The van der Waals surface area contributed by atoms with Crippen LogP contribution in [-0.2, 0) is 9.59 Å². The van der Waals surface area contributed by atoms with Crippen molar-refractivity contribution in [2.45, 2.75) is 11.8 Å². The molecule has 0 saturated carbocycles. The van der Waals surface area contributed by atoms with E-state index in [2.05, 4.69) is 15.6 Å². The van der Waals surface area contributed by atoms with Gasteiger partial charge in [0.05, 0.1) is 11.4 Å². The lowest BCUT2D eigenvalue weighted by atomic mass is 10.2. The lowest BCUT2D eigenvalue weighted by molar-refractivity contribution is -0.114. The van der Waals surface area contributed by atoms with Crippen molar-refractivity contribution in [3.05, 3.63) is 59.7 Å². The van der Waals surface area contributed by atoms with E-state index in [1.54, 1.807) is 24.3 Å². The first-order valence-electron chi connectivity index (χ1n) is 8.01. The van der Waals surface area contributed by atoms with Crippen molar-refractivity contribution >= 4 is 45.7 Å². The van der Waals surface area contributed by atoms with Gasteiger partial charge in [-0.3, -0.25) is 9.59 Å². The standard InChI is InChI=1S/C19H16FN3O2S2/c1-12(24)21-15-6-8-16(9-7-15)26-11-18(25)23-19-22-17(10-27-19)13-2-4-14(20)5-3-13/h2-10H,11H2,1H3,(H,21,24)(H,22,23,25). The van der Waals surface area contributed by atoms with Gasteiger partial charge in [0.1, 0.15) is 5.82 Å². The van der Waals surface area contributed by atoms with Crippen LogP contribution in [0.4, 0.5) is 15.2 Å². The van der Waals surface area contributed by atoms with Gasteiger partial charge >= 0.3 is 0 Å². The second-order valence-corrected chi connectivity index (χ2v) is 7.49. The predicted octanol–water partition coefficient (Wildman–Crippen LogP) is 4.64. The Bertz CT molecular complexity index is 940. The van der Waals surface area contributed by atoms with Crippen molar-refractivity contribution < 1.29 is 14.0 Å². The summed E-state index contributed by atoms with van der Waals surface area (Å²) in [5.74, 6) is -0.348. The van der Waals surface area contributed by atoms with Crippen LogP contribution in [0.25, 0.3) is 11.3 Å². The molecular weight excluding hydrogens is 385 g/mol. The first-order chi connectivity index (χ1) is 13.0. The molecule has 8 heteroatoms. The number of rotatable bonds is 6. The molecule has 1 heterocycles. The zero-order chi connectivity index (χ0) is 19.2. The second kappa shape index (κ2) is 8.79. The molecule has 138 valence electrons. The quantitative estimate of drug-likeness (QED) is 0.591. The van der Waals surface area contributed by atoms with E-state index in [4.69, 9.17) is 0 Å². The van der Waals surface area contributed by atoms with Gasteiger partial charge in [0.15, 0.2) is 5.13 Å². The number of hydrogen-bond donors (Lipinski definition) is 2. The van der Waals surface area contributed by atoms with Crippen molar-refractivity contribution in [2.24, 2.45) is 0 Å². The number of hydrogen-bond acceptors (Lipinski definition) is 5. The van der Waals surface area contributed by atoms with Crippen LogP contribution in [0.1, 0.15) is 6.92 Å². The minimum atomic E-state index is -0.301. The van der Waals surface area contributed by atoms with E-state index in [0.717, 1.165) is 10.5 Å². The molecule has 2 amide bonds. The predicted molar refractivity (Wildman–Crippen MR) is 108 cm³/mol. The van der Waals surface area contributed by atoms with E-state index >= 15 is 0 Å². The Morgan fingerprint density at radius 1 is 1.07 bits per heavy atom. The molecule has 1 aromatic heterocycles. The van der Waals surface area contributed by atoms with Crippen LogP contribution >= 0.6 is 23.1 Å². The molecule has 0 saturated heterocycles. The summed E-state index contributed by atoms with van der Waals surface area (Å²) in [4.78, 5) is 28.4. The smallest absolute Gasteiger partial charge is 0.236 e. The molecule has 2 N–H and O–H groups in total. The van der Waals surface area contributed by atoms with Crippen molar-refractivity contribution in [1.29, 1.82) is 0 Å². The summed E-state index contributed by atoms with van der Waals surface area (Å²) in [5.41, 5.74) is 2.20. The fraction of sp³-hybridized carbons (Fsp3) is 0.105. The summed E-state index contributed by atoms with van der Waals surface area (Å²) < 4.78 is 13.0. The third-order valence-corrected chi connectivity index (χ3v) is 5.20. The Kier molecular flexibility index (Phi) is 6.20. The Hall–Kier alpha value is -2.71. The molecule has 0 atom stereocenters. The molecule has 0 aliphatic heterocycles. The van der Waals surface area contributed by atoms with Gasteiger partial charge in [-0.25, -0.2) is 9.37 Å². The summed E-state index contributed by atoms with van der Waals surface area (Å²) in [5, 5.41) is 7.78. The fourth-order valence-corrected chi connectivity index (χ4v) is 3.66. The number of nitrogens with zero attached hydrogens (tertiary/aromatic N) is 1. The van der Waals surface area contributed by atoms with Gasteiger partial charge in [-0.05, 0) is 48.5 Å². The average Bonchev–Trinajstić information content (AvgIpc) is 3.09. The van der Waals surface area contributed by atoms with Crippen LogP contribution in [0.2, 0.25) is 0 Å². The van der Waals surface area contributed by atoms with Crippen molar-refractivity contribution in [3.63, 3.8) is 0 Å². The molecule has 27 heavy (non-hydrogen) atoms. The monoisotopic (exact) mass is 401 g/mol. The van der Waals surface area contributed by atoms with Gasteiger partial charge < -0.3 is 10.6 Å². The van der Waals surface area contributed by atoms with Crippen molar-refractivity contribution in [3.8, 4) is 11.3 Å². The molecule has 2 aromatic carbocycles. The number of amides is 2. The van der Waals surface area contributed by atoms with Crippen LogP contribution in [0, 0.1) is 5.82 Å². The van der Waals surface area contributed by atoms with Crippen molar-refractivity contribution in [2.75, 3.05) is 16.4 Å². The van der Waals surface area contributed by atoms with Crippen LogP contribution in [0.15, 0.2) is 58.8 Å². The zero-order valence-corrected chi connectivity index (χ0v) is 16.0. The van der Waals surface area contributed by atoms with Crippen LogP contribution < -0.4 is 10.6 Å². The number of nitrogens with one attached hydrogen (secondary N) is 2. The summed E-state index contributed by atoms with van der Waals surface area (Å²) in [6, 6.07) is 13.3. The Morgan fingerprint density at radius 2 is 1.78 bits per heavy atom. The summed E-state index contributed by atoms with van der Waals surface area (Å²) in [6.45, 7) is 1.45. The molecule has 0 unspecified atom stereocenters. The first kappa shape index (κ1) is 19.1. The lowest BCUT2D eigenvalue weighted by Crippen LogP contribution is -2.13. The Balaban J connectivity index is 1.52. The number of thioether (sulfide) groups is 1. The van der Waals surface area contributed by atoms with Gasteiger partial charge in [0.25, 0.3) is 0 Å². The van der Waals surface area contributed by atoms with Gasteiger partial charge in [0.2, 0.25) is 11.8 Å². The van der Waals surface area contributed by atoms with Crippen LogP contribution in [-0.4, -0.2) is 22.6 Å². The van der Waals surface area contributed by atoms with Gasteiger partial charge in [-0.1, -0.05) is 0 Å². The summed E-state index contributed by atoms with van der Waals surface area (Å²) >= 11 is 2.71. The SMILES string of the molecule is CC(=O)Nc1ccc(SCC(=O)Nc2nc(-c3ccc(F)cc3)cs2)cc1. The number of thiazole rings is 1. The number of benzene rings is 2. The van der Waals surface area contributed by atoms with Crippen LogP contribution in [0.3, 0.4) is 0 Å². The maximum Gasteiger partial charge on any atom is 0.236 e. The highest BCUT2D eigenvalue weighted by atomic mass is 32.2. The topological polar surface area (TPSA) is 71.1 Å². The third-order valence-electron chi connectivity index (χ3n) is 3.44. The maximum atomic E-state index is 13.0. The highest BCUT2D eigenvalue weighted by Crippen LogP contribution is 2.26. The molecule has 0 aliphatic carbocycles. The van der Waals surface area contributed by atoms with Gasteiger partial charge in [-0.15, -0.1) is 23.1 Å². The molecule has 0 bridgehead atoms. The highest BCUT2D eigenvalue weighted by molar-refractivity contribution is 8.00. The highest BCUT2D eigenvalue weighted by Gasteiger charge is 2.09. The summed E-state index contributed by atoms with van der Waals surface area (Å²) in [6.07, 6.45) is 0. The molecule has 5 nitrogen and oxygen atoms in total. The third kappa shape index (κ3) is 5.63. The van der Waals surface area contributed by atoms with Crippen molar-refractivity contribution in [1.82, 2.24) is 4.98 Å². The van der Waals surface area contributed by atoms with E-state index in [1.807, 2.05) is 17.5 Å². The molecule has 0 aliphatic rings. The Labute approximate surface area is 164 Å². The lowest BCUT2D eigenvalue weighted by Gasteiger charge is -2.05. The maximum absolute atomic E-state index is 13.0. The number of carbonyl (C=O) groups excluding carboxylic acids is 2. The molecule has 3 rings (SSSR count). The molecule has 3 aromatic rings. The normalized spacial score (nSPS) is 10.4. The largest absolute Gasteiger partial charge is 0.326 e. The number of aromatic nitrogens is 1. The second-order valence-electron chi connectivity index (χ2n) is 5.59. The van der Waals surface area contributed by atoms with Gasteiger partial charge in [-0.2, -0.15) is 0 Å². The van der Waals surface area contributed by atoms with E-state index in [-0.39, 0.29) is 23.4 Å². The van der Waals surface area contributed by atoms with E-state index < -0.39 is 0 Å². The number of carbonyl (C=O) groups is 2. The fourth-order valence-electron chi connectivity index (χ4n) is 2.23. The molecule has 0 spiro atoms. The Morgan fingerprint density at radius 3 is 2.44 bits per heavy atom. The zero-order valence-electron chi connectivity index (χ0n) is 14.4. The first-order valence-corrected chi connectivity index (χ1v) is 9.88. The average molecular weight is 401 g/mol. The minimum absolute atomic E-state index is 0.127. The van der Waals surface area contributed by atoms with E-state index in [0.29, 0.717) is 16.5 Å². The number of halogens is 1. The van der Waals surface area contributed by atoms with E-state index in [9.17, 15) is 14.0 Å². The van der Waals surface area contributed by atoms with Crippen LogP contribution in [0.5, 0.6) is 0 Å². The summed E-state index contributed by atoms with van der Waals surface area (Å²) in [7, 11) is 0. The molecule has 0 fully saturated rings. The number of anilines is 2. The molecular formula is C19H16FN3O2S2. The molecule has 0 radical (unpaired) electrons. The van der Waals surface area contributed by atoms with Gasteiger partial charge in [0, 0.05) is 28.5 Å². The van der Waals surface area contributed by atoms with E-state index in [1.165, 1.54) is 42.2 Å².